The maximum absolute atomic E-state index is 13.2. The molecule has 2 N–H and O–H groups in total. The standard InChI is InChI=1S/C23H26FN3O5S/c1-4-32-23(31)17-13(2)18(20(29)25-3)33-21(17)26-19(28)15-6-5-11-27(12-15)22(30)14-7-9-16(24)10-8-14/h7-10,15H,4-6,11-12H2,1-3H3,(H,25,29)(H,26,28). The van der Waals surface area contributed by atoms with E-state index in [1.807, 2.05) is 0 Å². The highest BCUT2D eigenvalue weighted by molar-refractivity contribution is 7.18. The molecule has 0 aliphatic carbocycles. The van der Waals surface area contributed by atoms with Crippen LogP contribution in [0.2, 0.25) is 0 Å². The SMILES string of the molecule is CCOC(=O)c1c(NC(=O)C2CCCN(C(=O)c3ccc(F)cc3)C2)sc(C(=O)NC)c1C. The van der Waals surface area contributed by atoms with Gasteiger partial charge in [0, 0.05) is 25.7 Å². The van der Waals surface area contributed by atoms with Crippen LogP contribution in [0.25, 0.3) is 0 Å². The van der Waals surface area contributed by atoms with E-state index in [0.717, 1.165) is 11.3 Å². The summed E-state index contributed by atoms with van der Waals surface area (Å²) >= 11 is 1.01. The second-order valence-electron chi connectivity index (χ2n) is 7.65. The van der Waals surface area contributed by atoms with E-state index in [2.05, 4.69) is 10.6 Å². The minimum Gasteiger partial charge on any atom is -0.462 e. The number of esters is 1. The summed E-state index contributed by atoms with van der Waals surface area (Å²) in [6, 6.07) is 5.28. The third kappa shape index (κ3) is 5.39. The first-order chi connectivity index (χ1) is 15.8. The molecule has 0 bridgehead atoms. The van der Waals surface area contributed by atoms with E-state index in [1.165, 1.54) is 31.3 Å². The number of rotatable bonds is 6. The molecule has 1 saturated heterocycles. The number of nitrogens with zero attached hydrogens (tertiary/aromatic N) is 1. The summed E-state index contributed by atoms with van der Waals surface area (Å²) in [5.74, 6) is -2.52. The summed E-state index contributed by atoms with van der Waals surface area (Å²) in [6.45, 7) is 4.15. The summed E-state index contributed by atoms with van der Waals surface area (Å²) in [5, 5.41) is 5.55. The topological polar surface area (TPSA) is 105 Å². The van der Waals surface area contributed by atoms with Crippen molar-refractivity contribution in [2.45, 2.75) is 26.7 Å². The fourth-order valence-corrected chi connectivity index (χ4v) is 4.89. The van der Waals surface area contributed by atoms with Crippen LogP contribution >= 0.6 is 11.3 Å². The molecule has 1 unspecified atom stereocenters. The summed E-state index contributed by atoms with van der Waals surface area (Å²) in [6.07, 6.45) is 1.20. The van der Waals surface area contributed by atoms with Crippen LogP contribution in [0.15, 0.2) is 24.3 Å². The molecule has 1 aromatic carbocycles. The fraction of sp³-hybridized carbons (Fsp3) is 0.391. The lowest BCUT2D eigenvalue weighted by molar-refractivity contribution is -0.121. The highest BCUT2D eigenvalue weighted by Gasteiger charge is 2.32. The molecule has 33 heavy (non-hydrogen) atoms. The zero-order valence-corrected chi connectivity index (χ0v) is 19.5. The Labute approximate surface area is 195 Å². The van der Waals surface area contributed by atoms with E-state index in [4.69, 9.17) is 4.74 Å². The number of piperidine rings is 1. The van der Waals surface area contributed by atoms with Gasteiger partial charge in [-0.1, -0.05) is 0 Å². The summed E-state index contributed by atoms with van der Waals surface area (Å²) in [4.78, 5) is 52.4. The Bertz CT molecular complexity index is 1070. The van der Waals surface area contributed by atoms with Crippen LogP contribution in [0, 0.1) is 18.7 Å². The molecule has 1 aliphatic rings. The lowest BCUT2D eigenvalue weighted by Gasteiger charge is -2.32. The maximum Gasteiger partial charge on any atom is 0.341 e. The van der Waals surface area contributed by atoms with Crippen molar-refractivity contribution in [1.82, 2.24) is 10.2 Å². The number of ether oxygens (including phenoxy) is 1. The molecule has 1 aromatic heterocycles. The van der Waals surface area contributed by atoms with E-state index in [9.17, 15) is 23.6 Å². The van der Waals surface area contributed by atoms with Gasteiger partial charge in [0.05, 0.1) is 23.0 Å². The lowest BCUT2D eigenvalue weighted by Crippen LogP contribution is -2.43. The number of amides is 3. The highest BCUT2D eigenvalue weighted by Crippen LogP contribution is 2.34. The molecule has 3 rings (SSSR count). The smallest absolute Gasteiger partial charge is 0.341 e. The second-order valence-corrected chi connectivity index (χ2v) is 8.67. The number of benzene rings is 1. The average Bonchev–Trinajstić information content (AvgIpc) is 3.14. The van der Waals surface area contributed by atoms with Crippen molar-refractivity contribution in [3.63, 3.8) is 0 Å². The van der Waals surface area contributed by atoms with Crippen molar-refractivity contribution in [3.05, 3.63) is 51.7 Å². The minimum atomic E-state index is -0.617. The van der Waals surface area contributed by atoms with Gasteiger partial charge in [-0.2, -0.15) is 0 Å². The molecule has 2 aromatic rings. The van der Waals surface area contributed by atoms with Crippen LogP contribution in [0.1, 0.15) is 55.7 Å². The van der Waals surface area contributed by atoms with Gasteiger partial charge in [0.25, 0.3) is 11.8 Å². The van der Waals surface area contributed by atoms with E-state index in [0.29, 0.717) is 35.4 Å². The van der Waals surface area contributed by atoms with Crippen LogP contribution in [-0.4, -0.2) is 55.3 Å². The number of hydrogen-bond acceptors (Lipinski definition) is 6. The first kappa shape index (κ1) is 24.4. The van der Waals surface area contributed by atoms with Crippen molar-refractivity contribution in [3.8, 4) is 0 Å². The van der Waals surface area contributed by atoms with E-state index in [1.54, 1.807) is 18.7 Å². The molecule has 10 heteroatoms. The van der Waals surface area contributed by atoms with Gasteiger partial charge in [0.2, 0.25) is 5.91 Å². The van der Waals surface area contributed by atoms with Gasteiger partial charge < -0.3 is 20.3 Å². The van der Waals surface area contributed by atoms with Crippen molar-refractivity contribution in [2.75, 3.05) is 32.1 Å². The first-order valence-corrected chi connectivity index (χ1v) is 11.5. The molecule has 8 nitrogen and oxygen atoms in total. The number of hydrogen-bond donors (Lipinski definition) is 2. The van der Waals surface area contributed by atoms with Crippen LogP contribution in [0.3, 0.4) is 0 Å². The molecule has 0 spiro atoms. The predicted octanol–water partition coefficient (Wildman–Crippen LogP) is 3.22. The molecule has 1 aliphatic heterocycles. The Morgan fingerprint density at radius 2 is 1.91 bits per heavy atom. The number of nitrogens with one attached hydrogen (secondary N) is 2. The molecular weight excluding hydrogens is 449 g/mol. The van der Waals surface area contributed by atoms with Crippen molar-refractivity contribution in [2.24, 2.45) is 5.92 Å². The third-order valence-electron chi connectivity index (χ3n) is 5.47. The van der Waals surface area contributed by atoms with Gasteiger partial charge in [-0.3, -0.25) is 14.4 Å². The Balaban J connectivity index is 1.78. The zero-order valence-electron chi connectivity index (χ0n) is 18.7. The Morgan fingerprint density at radius 3 is 2.55 bits per heavy atom. The van der Waals surface area contributed by atoms with Crippen LogP contribution in [-0.2, 0) is 9.53 Å². The van der Waals surface area contributed by atoms with Gasteiger partial charge in [-0.25, -0.2) is 9.18 Å². The van der Waals surface area contributed by atoms with Crippen LogP contribution < -0.4 is 10.6 Å². The average molecular weight is 476 g/mol. The van der Waals surface area contributed by atoms with Gasteiger partial charge in [-0.15, -0.1) is 11.3 Å². The fourth-order valence-electron chi connectivity index (χ4n) is 3.75. The van der Waals surface area contributed by atoms with Gasteiger partial charge >= 0.3 is 5.97 Å². The van der Waals surface area contributed by atoms with Gasteiger partial charge in [0.1, 0.15) is 10.8 Å². The molecule has 0 saturated carbocycles. The number of carbonyl (C=O) groups excluding carboxylic acids is 4. The van der Waals surface area contributed by atoms with E-state index >= 15 is 0 Å². The Kier molecular flexibility index (Phi) is 7.80. The number of anilines is 1. The Hall–Kier alpha value is -3.27. The highest BCUT2D eigenvalue weighted by atomic mass is 32.1. The summed E-state index contributed by atoms with van der Waals surface area (Å²) in [7, 11) is 1.48. The molecule has 3 amide bonds. The predicted molar refractivity (Wildman–Crippen MR) is 122 cm³/mol. The third-order valence-corrected chi connectivity index (χ3v) is 6.67. The van der Waals surface area contributed by atoms with Crippen molar-refractivity contribution >= 4 is 40.0 Å². The number of carbonyl (C=O) groups is 4. The molecule has 1 fully saturated rings. The van der Waals surface area contributed by atoms with Crippen LogP contribution in [0.4, 0.5) is 9.39 Å². The second kappa shape index (κ2) is 10.6. The largest absolute Gasteiger partial charge is 0.462 e. The zero-order chi connectivity index (χ0) is 24.1. The molecule has 0 radical (unpaired) electrons. The van der Waals surface area contributed by atoms with Gasteiger partial charge in [-0.05, 0) is 56.5 Å². The normalized spacial score (nSPS) is 15.6. The van der Waals surface area contributed by atoms with Gasteiger partial charge in [0.15, 0.2) is 0 Å². The monoisotopic (exact) mass is 475 g/mol. The van der Waals surface area contributed by atoms with E-state index < -0.39 is 17.7 Å². The maximum atomic E-state index is 13.2. The van der Waals surface area contributed by atoms with E-state index in [-0.39, 0.29) is 41.4 Å². The quantitative estimate of drug-likeness (QED) is 0.625. The number of thiophene rings is 1. The summed E-state index contributed by atoms with van der Waals surface area (Å²) < 4.78 is 18.3. The van der Waals surface area contributed by atoms with Crippen molar-refractivity contribution in [1.29, 1.82) is 0 Å². The minimum absolute atomic E-state index is 0.153. The Morgan fingerprint density at radius 1 is 1.21 bits per heavy atom. The lowest BCUT2D eigenvalue weighted by atomic mass is 9.96. The molecule has 1 atom stereocenters. The molecule has 2 heterocycles. The number of halogens is 1. The van der Waals surface area contributed by atoms with Crippen LogP contribution in [0.5, 0.6) is 0 Å². The summed E-state index contributed by atoms with van der Waals surface area (Å²) in [5.41, 5.74) is 0.944. The molecular formula is C23H26FN3O5S. The molecule has 176 valence electrons. The number of likely N-dealkylation sites (tertiary alicyclic amines) is 1. The van der Waals surface area contributed by atoms with Crippen molar-refractivity contribution < 1.29 is 28.3 Å². The first-order valence-electron chi connectivity index (χ1n) is 10.6.